The van der Waals surface area contributed by atoms with Crippen molar-refractivity contribution in [3.05, 3.63) is 72.3 Å². The number of carbonyl (C=O) groups is 2. The zero-order valence-corrected chi connectivity index (χ0v) is 17.1. The van der Waals surface area contributed by atoms with Crippen molar-refractivity contribution in [2.75, 3.05) is 18.4 Å². The van der Waals surface area contributed by atoms with E-state index >= 15 is 0 Å². The van der Waals surface area contributed by atoms with E-state index in [1.165, 1.54) is 0 Å². The van der Waals surface area contributed by atoms with Gasteiger partial charge < -0.3 is 15.0 Å². The van der Waals surface area contributed by atoms with Gasteiger partial charge in [-0.15, -0.1) is 0 Å². The Morgan fingerprint density at radius 3 is 2.40 bits per heavy atom. The van der Waals surface area contributed by atoms with Crippen molar-refractivity contribution in [2.24, 2.45) is 0 Å². The minimum absolute atomic E-state index is 0.0336. The first-order chi connectivity index (χ1) is 14.6. The van der Waals surface area contributed by atoms with Crippen LogP contribution < -0.4 is 10.1 Å². The van der Waals surface area contributed by atoms with Crippen LogP contribution in [0, 0.1) is 0 Å². The van der Waals surface area contributed by atoms with E-state index < -0.39 is 6.10 Å². The Bertz CT molecular complexity index is 1060. The SMILES string of the molecule is C[C@@H](Oc1ccc2ccccc2c1)C(=O)Nc1ccccc1C(=O)N1CCCCC1. The van der Waals surface area contributed by atoms with Crippen molar-refractivity contribution in [1.29, 1.82) is 0 Å². The average Bonchev–Trinajstić information content (AvgIpc) is 2.79. The van der Waals surface area contributed by atoms with Crippen molar-refractivity contribution in [3.8, 4) is 5.75 Å². The van der Waals surface area contributed by atoms with Crippen LogP contribution in [0.3, 0.4) is 0 Å². The Kier molecular flexibility index (Phi) is 5.98. The molecule has 1 heterocycles. The molecule has 0 aromatic heterocycles. The smallest absolute Gasteiger partial charge is 0.265 e. The number of para-hydroxylation sites is 1. The number of hydrogen-bond acceptors (Lipinski definition) is 3. The van der Waals surface area contributed by atoms with E-state index in [4.69, 9.17) is 4.74 Å². The molecular formula is C25H26N2O3. The fraction of sp³-hybridized carbons (Fsp3) is 0.280. The Morgan fingerprint density at radius 2 is 1.60 bits per heavy atom. The third kappa shape index (κ3) is 4.46. The number of ether oxygens (including phenoxy) is 1. The molecule has 0 radical (unpaired) electrons. The number of hydrogen-bond donors (Lipinski definition) is 1. The molecule has 1 N–H and O–H groups in total. The van der Waals surface area contributed by atoms with E-state index in [0.29, 0.717) is 17.0 Å². The Morgan fingerprint density at radius 1 is 0.900 bits per heavy atom. The van der Waals surface area contributed by atoms with Crippen LogP contribution in [-0.2, 0) is 4.79 Å². The van der Waals surface area contributed by atoms with E-state index in [0.717, 1.165) is 43.1 Å². The predicted octanol–water partition coefficient (Wildman–Crippen LogP) is 4.87. The number of rotatable bonds is 5. The van der Waals surface area contributed by atoms with Crippen molar-refractivity contribution < 1.29 is 14.3 Å². The minimum atomic E-state index is -0.704. The second-order valence-electron chi connectivity index (χ2n) is 7.66. The molecule has 0 spiro atoms. The lowest BCUT2D eigenvalue weighted by Crippen LogP contribution is -2.36. The third-order valence-electron chi connectivity index (χ3n) is 5.46. The van der Waals surface area contributed by atoms with Gasteiger partial charge in [0.2, 0.25) is 0 Å². The summed E-state index contributed by atoms with van der Waals surface area (Å²) in [5.74, 6) is 0.310. The summed E-state index contributed by atoms with van der Waals surface area (Å²) in [6.07, 6.45) is 2.50. The van der Waals surface area contributed by atoms with Crippen molar-refractivity contribution >= 4 is 28.3 Å². The first kappa shape index (κ1) is 20.0. The lowest BCUT2D eigenvalue weighted by Gasteiger charge is -2.27. The summed E-state index contributed by atoms with van der Waals surface area (Å²) in [6, 6.07) is 20.9. The number of amides is 2. The van der Waals surface area contributed by atoms with Crippen LogP contribution >= 0.6 is 0 Å². The molecule has 1 fully saturated rings. The van der Waals surface area contributed by atoms with E-state index in [1.807, 2.05) is 59.5 Å². The zero-order valence-electron chi connectivity index (χ0n) is 17.1. The van der Waals surface area contributed by atoms with Crippen LogP contribution in [0.4, 0.5) is 5.69 Å². The molecule has 1 aliphatic rings. The highest BCUT2D eigenvalue weighted by atomic mass is 16.5. The number of likely N-dealkylation sites (tertiary alicyclic amines) is 1. The molecule has 5 nitrogen and oxygen atoms in total. The van der Waals surface area contributed by atoms with E-state index in [-0.39, 0.29) is 11.8 Å². The molecule has 0 bridgehead atoms. The van der Waals surface area contributed by atoms with Gasteiger partial charge in [0, 0.05) is 13.1 Å². The van der Waals surface area contributed by atoms with Crippen LogP contribution in [0.2, 0.25) is 0 Å². The Hall–Kier alpha value is -3.34. The van der Waals surface area contributed by atoms with Gasteiger partial charge in [0.05, 0.1) is 11.3 Å². The number of piperidine rings is 1. The lowest BCUT2D eigenvalue weighted by molar-refractivity contribution is -0.122. The quantitative estimate of drug-likeness (QED) is 0.662. The second-order valence-corrected chi connectivity index (χ2v) is 7.66. The molecular weight excluding hydrogens is 376 g/mol. The van der Waals surface area contributed by atoms with Gasteiger partial charge in [-0.2, -0.15) is 0 Å². The van der Waals surface area contributed by atoms with Gasteiger partial charge in [0.25, 0.3) is 11.8 Å². The number of fused-ring (bicyclic) bond motifs is 1. The Labute approximate surface area is 176 Å². The summed E-state index contributed by atoms with van der Waals surface area (Å²) in [4.78, 5) is 27.6. The number of benzene rings is 3. The van der Waals surface area contributed by atoms with Crippen LogP contribution in [-0.4, -0.2) is 35.9 Å². The van der Waals surface area contributed by atoms with Crippen molar-refractivity contribution in [3.63, 3.8) is 0 Å². The van der Waals surface area contributed by atoms with E-state index in [2.05, 4.69) is 5.32 Å². The normalized spacial score (nSPS) is 14.9. The van der Waals surface area contributed by atoms with Crippen molar-refractivity contribution in [1.82, 2.24) is 4.90 Å². The maximum Gasteiger partial charge on any atom is 0.265 e. The number of nitrogens with one attached hydrogen (secondary N) is 1. The second kappa shape index (κ2) is 8.99. The zero-order chi connectivity index (χ0) is 20.9. The average molecular weight is 402 g/mol. The first-order valence-electron chi connectivity index (χ1n) is 10.5. The Balaban J connectivity index is 1.45. The summed E-state index contributed by atoms with van der Waals surface area (Å²) < 4.78 is 5.87. The standard InChI is InChI=1S/C25H26N2O3/c1-18(30-21-14-13-19-9-3-4-10-20(19)17-21)24(28)26-23-12-6-5-11-22(23)25(29)27-15-7-2-8-16-27/h3-6,9-14,17-18H,2,7-8,15-16H2,1H3,(H,26,28)/t18-/m1/s1. The summed E-state index contributed by atoms with van der Waals surface area (Å²) in [5, 5.41) is 5.05. The summed E-state index contributed by atoms with van der Waals surface area (Å²) in [6.45, 7) is 3.24. The summed E-state index contributed by atoms with van der Waals surface area (Å²) in [7, 11) is 0. The highest BCUT2D eigenvalue weighted by Gasteiger charge is 2.23. The summed E-state index contributed by atoms with van der Waals surface area (Å²) >= 11 is 0. The number of nitrogens with zero attached hydrogens (tertiary/aromatic N) is 1. The van der Waals surface area contributed by atoms with Gasteiger partial charge in [-0.05, 0) is 61.2 Å². The van der Waals surface area contributed by atoms with Gasteiger partial charge in [0.1, 0.15) is 5.75 Å². The highest BCUT2D eigenvalue weighted by Crippen LogP contribution is 2.23. The third-order valence-corrected chi connectivity index (χ3v) is 5.46. The summed E-state index contributed by atoms with van der Waals surface area (Å²) in [5.41, 5.74) is 1.04. The molecule has 30 heavy (non-hydrogen) atoms. The van der Waals surface area contributed by atoms with Crippen molar-refractivity contribution in [2.45, 2.75) is 32.3 Å². The number of anilines is 1. The van der Waals surface area contributed by atoms with Gasteiger partial charge in [0.15, 0.2) is 6.10 Å². The van der Waals surface area contributed by atoms with Gasteiger partial charge in [-0.25, -0.2) is 0 Å². The van der Waals surface area contributed by atoms with Crippen LogP contribution in [0.15, 0.2) is 66.7 Å². The molecule has 5 heteroatoms. The predicted molar refractivity (Wildman–Crippen MR) is 119 cm³/mol. The molecule has 1 aliphatic heterocycles. The topological polar surface area (TPSA) is 58.6 Å². The largest absolute Gasteiger partial charge is 0.481 e. The molecule has 0 aliphatic carbocycles. The molecule has 3 aromatic rings. The maximum atomic E-state index is 12.9. The molecule has 0 unspecified atom stereocenters. The molecule has 154 valence electrons. The van der Waals surface area contributed by atoms with Crippen LogP contribution in [0.1, 0.15) is 36.5 Å². The van der Waals surface area contributed by atoms with Crippen LogP contribution in [0.5, 0.6) is 5.75 Å². The molecule has 1 saturated heterocycles. The highest BCUT2D eigenvalue weighted by molar-refractivity contribution is 6.04. The van der Waals surface area contributed by atoms with Gasteiger partial charge in [-0.3, -0.25) is 9.59 Å². The maximum absolute atomic E-state index is 12.9. The molecule has 0 saturated carbocycles. The fourth-order valence-corrected chi connectivity index (χ4v) is 3.78. The molecule has 3 aromatic carbocycles. The number of carbonyl (C=O) groups excluding carboxylic acids is 2. The molecule has 1 atom stereocenters. The van der Waals surface area contributed by atoms with E-state index in [1.54, 1.807) is 19.1 Å². The van der Waals surface area contributed by atoms with E-state index in [9.17, 15) is 9.59 Å². The molecule has 4 rings (SSSR count). The molecule has 2 amide bonds. The van der Waals surface area contributed by atoms with Crippen LogP contribution in [0.25, 0.3) is 10.8 Å². The first-order valence-corrected chi connectivity index (χ1v) is 10.5. The lowest BCUT2D eigenvalue weighted by atomic mass is 10.1. The fourth-order valence-electron chi connectivity index (χ4n) is 3.78. The monoisotopic (exact) mass is 402 g/mol. The minimum Gasteiger partial charge on any atom is -0.481 e. The van der Waals surface area contributed by atoms with Gasteiger partial charge >= 0.3 is 0 Å². The van der Waals surface area contributed by atoms with Gasteiger partial charge in [-0.1, -0.05) is 42.5 Å².